The van der Waals surface area contributed by atoms with E-state index < -0.39 is 10.0 Å². The molecule has 1 aliphatic heterocycles. The zero-order chi connectivity index (χ0) is 18.0. The maximum atomic E-state index is 12.3. The van der Waals surface area contributed by atoms with Crippen LogP contribution in [0, 0.1) is 0 Å². The van der Waals surface area contributed by atoms with Gasteiger partial charge in [0.2, 0.25) is 15.9 Å². The molecule has 1 aromatic rings. The molecule has 6 heteroatoms. The highest BCUT2D eigenvalue weighted by Gasteiger charge is 2.27. The van der Waals surface area contributed by atoms with Crippen molar-refractivity contribution in [2.24, 2.45) is 0 Å². The van der Waals surface area contributed by atoms with Crippen molar-refractivity contribution in [2.45, 2.75) is 45.4 Å². The highest BCUT2D eigenvalue weighted by atomic mass is 32.2. The maximum Gasteiger partial charge on any atom is 0.232 e. The number of rotatable bonds is 5. The predicted molar refractivity (Wildman–Crippen MR) is 97.8 cm³/mol. The minimum atomic E-state index is -3.46. The first-order valence-corrected chi connectivity index (χ1v) is 10.3. The number of carbonyl (C=O) groups excluding carboxylic acids is 1. The second-order valence-corrected chi connectivity index (χ2v) is 9.35. The van der Waals surface area contributed by atoms with Crippen LogP contribution in [0.1, 0.15) is 45.6 Å². The molecule has 24 heavy (non-hydrogen) atoms. The van der Waals surface area contributed by atoms with Crippen LogP contribution < -0.4 is 4.31 Å². The van der Waals surface area contributed by atoms with E-state index in [-0.39, 0.29) is 24.3 Å². The monoisotopic (exact) mass is 352 g/mol. The molecule has 1 aliphatic rings. The van der Waals surface area contributed by atoms with Crippen LogP contribution >= 0.6 is 0 Å². The Hall–Kier alpha value is -1.56. The molecule has 1 fully saturated rings. The van der Waals surface area contributed by atoms with Gasteiger partial charge in [0.1, 0.15) is 0 Å². The first-order valence-electron chi connectivity index (χ1n) is 8.46. The molecule has 1 amide bonds. The summed E-state index contributed by atoms with van der Waals surface area (Å²) in [6.07, 6.45) is 3.49. The number of amides is 1. The third-order valence-electron chi connectivity index (χ3n) is 4.37. The van der Waals surface area contributed by atoms with E-state index in [1.54, 1.807) is 0 Å². The molecular weight excluding hydrogens is 324 g/mol. The SMILES string of the molecule is CC(C)(C)c1ccccc1N(CCC(=O)N1CCCC1)S(C)(=O)=O. The van der Waals surface area contributed by atoms with E-state index in [1.165, 1.54) is 10.6 Å². The van der Waals surface area contributed by atoms with Crippen LogP contribution in [0.2, 0.25) is 0 Å². The molecule has 1 saturated heterocycles. The Morgan fingerprint density at radius 2 is 1.75 bits per heavy atom. The average Bonchev–Trinajstić information content (AvgIpc) is 2.99. The summed E-state index contributed by atoms with van der Waals surface area (Å²) in [5.74, 6) is 0.0365. The van der Waals surface area contributed by atoms with Gasteiger partial charge in [0.05, 0.1) is 11.9 Å². The highest BCUT2D eigenvalue weighted by molar-refractivity contribution is 7.92. The molecule has 1 aromatic carbocycles. The lowest BCUT2D eigenvalue weighted by atomic mass is 9.86. The predicted octanol–water partition coefficient (Wildman–Crippen LogP) is 2.76. The summed E-state index contributed by atoms with van der Waals surface area (Å²) in [4.78, 5) is 14.1. The summed E-state index contributed by atoms with van der Waals surface area (Å²) in [7, 11) is -3.46. The zero-order valence-corrected chi connectivity index (χ0v) is 15.9. The molecule has 0 atom stereocenters. The minimum absolute atomic E-state index is 0.0365. The van der Waals surface area contributed by atoms with Crippen molar-refractivity contribution >= 4 is 21.6 Å². The number of sulfonamides is 1. The van der Waals surface area contributed by atoms with Gasteiger partial charge < -0.3 is 4.90 Å². The lowest BCUT2D eigenvalue weighted by molar-refractivity contribution is -0.129. The Morgan fingerprint density at radius 1 is 1.17 bits per heavy atom. The molecule has 0 N–H and O–H groups in total. The Balaban J connectivity index is 2.26. The first-order chi connectivity index (χ1) is 11.1. The molecule has 1 heterocycles. The van der Waals surface area contributed by atoms with Gasteiger partial charge in [-0.3, -0.25) is 9.10 Å². The van der Waals surface area contributed by atoms with E-state index in [2.05, 4.69) is 20.8 Å². The molecule has 2 rings (SSSR count). The Kier molecular flexibility index (Phi) is 5.58. The Morgan fingerprint density at radius 3 is 2.29 bits per heavy atom. The maximum absolute atomic E-state index is 12.3. The van der Waals surface area contributed by atoms with E-state index in [9.17, 15) is 13.2 Å². The first kappa shape index (κ1) is 18.8. The van der Waals surface area contributed by atoms with Crippen LogP contribution in [-0.4, -0.2) is 45.1 Å². The van der Waals surface area contributed by atoms with Gasteiger partial charge in [-0.15, -0.1) is 0 Å². The summed E-state index contributed by atoms with van der Waals surface area (Å²) in [6.45, 7) is 7.93. The number of para-hydroxylation sites is 1. The number of anilines is 1. The quantitative estimate of drug-likeness (QED) is 0.819. The van der Waals surface area contributed by atoms with Crippen molar-refractivity contribution in [3.8, 4) is 0 Å². The van der Waals surface area contributed by atoms with Crippen molar-refractivity contribution in [2.75, 3.05) is 30.2 Å². The second kappa shape index (κ2) is 7.13. The number of likely N-dealkylation sites (tertiary alicyclic amines) is 1. The lowest BCUT2D eigenvalue weighted by Crippen LogP contribution is -2.37. The van der Waals surface area contributed by atoms with E-state index >= 15 is 0 Å². The molecule has 0 aliphatic carbocycles. The normalized spacial score (nSPS) is 15.6. The fourth-order valence-electron chi connectivity index (χ4n) is 3.11. The number of hydrogen-bond donors (Lipinski definition) is 0. The fraction of sp³-hybridized carbons (Fsp3) is 0.611. The van der Waals surface area contributed by atoms with Gasteiger partial charge in [0.25, 0.3) is 0 Å². The van der Waals surface area contributed by atoms with Crippen molar-refractivity contribution in [3.63, 3.8) is 0 Å². The smallest absolute Gasteiger partial charge is 0.232 e. The van der Waals surface area contributed by atoms with E-state index in [0.717, 1.165) is 31.5 Å². The fourth-order valence-corrected chi connectivity index (χ4v) is 4.05. The molecule has 5 nitrogen and oxygen atoms in total. The van der Waals surface area contributed by atoms with Gasteiger partial charge in [-0.1, -0.05) is 39.0 Å². The van der Waals surface area contributed by atoms with Gasteiger partial charge in [-0.05, 0) is 29.9 Å². The van der Waals surface area contributed by atoms with E-state index in [4.69, 9.17) is 0 Å². The van der Waals surface area contributed by atoms with Crippen LogP contribution in [0.5, 0.6) is 0 Å². The van der Waals surface area contributed by atoms with Crippen LogP contribution in [0.4, 0.5) is 5.69 Å². The number of carbonyl (C=O) groups is 1. The number of benzene rings is 1. The largest absolute Gasteiger partial charge is 0.343 e. The second-order valence-electron chi connectivity index (χ2n) is 7.44. The lowest BCUT2D eigenvalue weighted by Gasteiger charge is -2.30. The van der Waals surface area contributed by atoms with Gasteiger partial charge in [0.15, 0.2) is 0 Å². The molecule has 0 spiro atoms. The summed E-state index contributed by atoms with van der Waals surface area (Å²) >= 11 is 0. The van der Waals surface area contributed by atoms with Crippen LogP contribution in [0.25, 0.3) is 0 Å². The molecule has 0 bridgehead atoms. The molecular formula is C18H28N2O3S. The molecule has 0 aromatic heterocycles. The average molecular weight is 353 g/mol. The van der Waals surface area contributed by atoms with Crippen molar-refractivity contribution in [1.29, 1.82) is 0 Å². The van der Waals surface area contributed by atoms with Gasteiger partial charge in [-0.25, -0.2) is 8.42 Å². The van der Waals surface area contributed by atoms with Crippen molar-refractivity contribution in [1.82, 2.24) is 4.90 Å². The third-order valence-corrected chi connectivity index (χ3v) is 5.55. The van der Waals surface area contributed by atoms with E-state index in [1.807, 2.05) is 29.2 Å². The van der Waals surface area contributed by atoms with Crippen LogP contribution in [0.3, 0.4) is 0 Å². The van der Waals surface area contributed by atoms with Crippen LogP contribution in [-0.2, 0) is 20.2 Å². The topological polar surface area (TPSA) is 57.7 Å². The summed E-state index contributed by atoms with van der Waals surface area (Å²) in [6, 6.07) is 7.53. The van der Waals surface area contributed by atoms with Crippen molar-refractivity contribution < 1.29 is 13.2 Å². The number of nitrogens with zero attached hydrogens (tertiary/aromatic N) is 2. The molecule has 134 valence electrons. The number of hydrogen-bond acceptors (Lipinski definition) is 3. The highest BCUT2D eigenvalue weighted by Crippen LogP contribution is 2.33. The Labute approximate surface area is 145 Å². The molecule has 0 radical (unpaired) electrons. The van der Waals surface area contributed by atoms with E-state index in [0.29, 0.717) is 5.69 Å². The third kappa shape index (κ3) is 4.50. The van der Waals surface area contributed by atoms with Gasteiger partial charge >= 0.3 is 0 Å². The summed E-state index contributed by atoms with van der Waals surface area (Å²) in [5.41, 5.74) is 1.45. The summed E-state index contributed by atoms with van der Waals surface area (Å²) in [5, 5.41) is 0. The Bertz CT molecular complexity index is 686. The molecule has 0 unspecified atom stereocenters. The van der Waals surface area contributed by atoms with Gasteiger partial charge in [0, 0.05) is 26.1 Å². The van der Waals surface area contributed by atoms with Gasteiger partial charge in [-0.2, -0.15) is 0 Å². The summed E-state index contributed by atoms with van der Waals surface area (Å²) < 4.78 is 26.1. The van der Waals surface area contributed by atoms with Crippen LogP contribution in [0.15, 0.2) is 24.3 Å². The zero-order valence-electron chi connectivity index (χ0n) is 15.1. The standard InChI is InChI=1S/C18H28N2O3S/c1-18(2,3)15-9-5-6-10-16(15)20(24(4,22)23)14-11-17(21)19-12-7-8-13-19/h5-6,9-10H,7-8,11-14H2,1-4H3. The van der Waals surface area contributed by atoms with Crippen molar-refractivity contribution in [3.05, 3.63) is 29.8 Å². The molecule has 0 saturated carbocycles. The minimum Gasteiger partial charge on any atom is -0.343 e.